The molecule has 0 unspecified atom stereocenters. The molecule has 0 amide bonds. The molecule has 4 aromatic rings. The molecule has 0 saturated heterocycles. The average Bonchev–Trinajstić information content (AvgIpc) is 2.78. The van der Waals surface area contributed by atoms with Crippen LogP contribution in [0.2, 0.25) is 5.02 Å². The minimum atomic E-state index is -0.440. The second-order valence-electron chi connectivity index (χ2n) is 7.34. The average molecular weight is 447 g/mol. The highest BCUT2D eigenvalue weighted by atomic mass is 35.5. The Kier molecular flexibility index (Phi) is 5.75. The molecular weight excluding hydrogens is 428 g/mol. The number of nitrogens with zero attached hydrogens (tertiary/aromatic N) is 4. The van der Waals surface area contributed by atoms with Gasteiger partial charge in [-0.2, -0.15) is 0 Å². The predicted octanol–water partition coefficient (Wildman–Crippen LogP) is 5.15. The fraction of sp³-hybridized carbons (Fsp3) is 0.0833. The van der Waals surface area contributed by atoms with Gasteiger partial charge in [-0.05, 0) is 48.7 Å². The summed E-state index contributed by atoms with van der Waals surface area (Å²) in [6.45, 7) is 0. The fourth-order valence-corrected chi connectivity index (χ4v) is 3.58. The summed E-state index contributed by atoms with van der Waals surface area (Å²) in [5.41, 5.74) is 1.53. The van der Waals surface area contributed by atoms with Crippen molar-refractivity contribution in [2.24, 2.45) is 0 Å². The number of fused-ring (bicyclic) bond motifs is 1. The predicted molar refractivity (Wildman–Crippen MR) is 127 cm³/mol. The smallest absolute Gasteiger partial charge is 0.277 e. The van der Waals surface area contributed by atoms with E-state index in [0.29, 0.717) is 38.6 Å². The van der Waals surface area contributed by atoms with Gasteiger partial charge in [0.25, 0.3) is 11.2 Å². The van der Waals surface area contributed by atoms with Gasteiger partial charge in [0.2, 0.25) is 0 Å². The van der Waals surface area contributed by atoms with Crippen LogP contribution >= 0.6 is 11.6 Å². The van der Waals surface area contributed by atoms with Crippen LogP contribution in [0.4, 0.5) is 5.69 Å². The highest BCUT2D eigenvalue weighted by Crippen LogP contribution is 2.32. The van der Waals surface area contributed by atoms with Crippen molar-refractivity contribution < 1.29 is 4.92 Å². The van der Waals surface area contributed by atoms with Gasteiger partial charge in [-0.3, -0.25) is 19.5 Å². The monoisotopic (exact) mass is 446 g/mol. The van der Waals surface area contributed by atoms with E-state index in [1.54, 1.807) is 77.8 Å². The van der Waals surface area contributed by atoms with Crippen molar-refractivity contribution in [2.45, 2.75) is 0 Å². The van der Waals surface area contributed by atoms with Crippen molar-refractivity contribution in [3.63, 3.8) is 0 Å². The van der Waals surface area contributed by atoms with Gasteiger partial charge >= 0.3 is 0 Å². The standard InChI is InChI=1S/C24H19ClN4O3/c1-27(2)15-14-18-19(7-5-9-22(18)29(31)32)23-26-21-8-4-3-6-20(21)24(30)28(23)17-12-10-16(25)11-13-17/h3-15H,1-2H3/b15-14+. The number of halogens is 1. The van der Waals surface area contributed by atoms with Crippen LogP contribution in [0.3, 0.4) is 0 Å². The number of aromatic nitrogens is 2. The van der Waals surface area contributed by atoms with Crippen molar-refractivity contribution in [2.75, 3.05) is 14.1 Å². The van der Waals surface area contributed by atoms with Crippen LogP contribution in [0.1, 0.15) is 5.56 Å². The molecule has 8 heteroatoms. The third kappa shape index (κ3) is 3.98. The van der Waals surface area contributed by atoms with Gasteiger partial charge in [-0.25, -0.2) is 4.98 Å². The molecule has 1 aromatic heterocycles. The minimum absolute atomic E-state index is 0.0781. The number of rotatable bonds is 5. The first kappa shape index (κ1) is 21.3. The van der Waals surface area contributed by atoms with E-state index in [1.165, 1.54) is 10.6 Å². The van der Waals surface area contributed by atoms with Crippen LogP contribution in [0, 0.1) is 10.1 Å². The van der Waals surface area contributed by atoms with Gasteiger partial charge in [-0.15, -0.1) is 0 Å². The van der Waals surface area contributed by atoms with Gasteiger partial charge in [0.05, 0.1) is 27.1 Å². The zero-order valence-electron chi connectivity index (χ0n) is 17.4. The van der Waals surface area contributed by atoms with E-state index in [1.807, 2.05) is 14.1 Å². The molecule has 1 heterocycles. The molecule has 7 nitrogen and oxygen atoms in total. The van der Waals surface area contributed by atoms with Crippen molar-refractivity contribution in [1.29, 1.82) is 0 Å². The second-order valence-corrected chi connectivity index (χ2v) is 7.78. The lowest BCUT2D eigenvalue weighted by atomic mass is 10.0. The third-order valence-electron chi connectivity index (χ3n) is 4.92. The lowest BCUT2D eigenvalue weighted by Gasteiger charge is -2.16. The Morgan fingerprint density at radius 1 is 1.03 bits per heavy atom. The Morgan fingerprint density at radius 2 is 1.75 bits per heavy atom. The second kappa shape index (κ2) is 8.64. The SMILES string of the molecule is CN(C)/C=C/c1c(-c2nc3ccccc3c(=O)n2-c2ccc(Cl)cc2)cccc1[N+](=O)[O-]. The van der Waals surface area contributed by atoms with Crippen LogP contribution in [0.15, 0.2) is 77.7 Å². The third-order valence-corrected chi connectivity index (χ3v) is 5.17. The summed E-state index contributed by atoms with van der Waals surface area (Å²) in [5, 5.41) is 12.8. The minimum Gasteiger partial charge on any atom is -0.383 e. The van der Waals surface area contributed by atoms with Crippen molar-refractivity contribution >= 4 is 34.3 Å². The highest BCUT2D eigenvalue weighted by Gasteiger charge is 2.22. The molecule has 0 atom stereocenters. The van der Waals surface area contributed by atoms with Crippen LogP contribution < -0.4 is 5.56 Å². The quantitative estimate of drug-likeness (QED) is 0.313. The molecule has 0 aliphatic heterocycles. The van der Waals surface area contributed by atoms with E-state index in [2.05, 4.69) is 0 Å². The Bertz CT molecular complexity index is 1410. The Balaban J connectivity index is 2.13. The zero-order valence-corrected chi connectivity index (χ0v) is 18.2. The normalized spacial score (nSPS) is 11.2. The number of hydrogen-bond donors (Lipinski definition) is 0. The van der Waals surface area contributed by atoms with E-state index in [-0.39, 0.29) is 11.2 Å². The van der Waals surface area contributed by atoms with Gasteiger partial charge in [0, 0.05) is 30.7 Å². The van der Waals surface area contributed by atoms with Crippen LogP contribution in [0.25, 0.3) is 34.1 Å². The summed E-state index contributed by atoms with van der Waals surface area (Å²) < 4.78 is 1.46. The summed E-state index contributed by atoms with van der Waals surface area (Å²) in [7, 11) is 3.64. The van der Waals surface area contributed by atoms with Crippen molar-refractivity contribution in [3.05, 3.63) is 104 Å². The molecule has 32 heavy (non-hydrogen) atoms. The van der Waals surface area contributed by atoms with E-state index < -0.39 is 4.92 Å². The fourth-order valence-electron chi connectivity index (χ4n) is 3.45. The molecule has 0 spiro atoms. The largest absolute Gasteiger partial charge is 0.383 e. The molecule has 0 aliphatic carbocycles. The van der Waals surface area contributed by atoms with E-state index in [4.69, 9.17) is 16.6 Å². The van der Waals surface area contributed by atoms with Crippen LogP contribution in [0.5, 0.6) is 0 Å². The van der Waals surface area contributed by atoms with Gasteiger partial charge in [-0.1, -0.05) is 35.9 Å². The maximum Gasteiger partial charge on any atom is 0.277 e. The number of benzene rings is 3. The summed E-state index contributed by atoms with van der Waals surface area (Å²) in [5.74, 6) is 0.304. The Labute approximate surface area is 189 Å². The van der Waals surface area contributed by atoms with Gasteiger partial charge < -0.3 is 4.90 Å². The maximum absolute atomic E-state index is 13.5. The molecule has 160 valence electrons. The number of hydrogen-bond acceptors (Lipinski definition) is 5. The molecule has 4 rings (SSSR count). The number of nitro groups is 1. The highest BCUT2D eigenvalue weighted by molar-refractivity contribution is 6.30. The maximum atomic E-state index is 13.5. The number of para-hydroxylation sites is 1. The lowest BCUT2D eigenvalue weighted by molar-refractivity contribution is -0.385. The number of nitro benzene ring substituents is 1. The van der Waals surface area contributed by atoms with Crippen molar-refractivity contribution in [3.8, 4) is 17.1 Å². The molecule has 0 fully saturated rings. The molecular formula is C24H19ClN4O3. The van der Waals surface area contributed by atoms with Gasteiger partial charge in [0.1, 0.15) is 5.82 Å². The molecule has 0 bridgehead atoms. The topological polar surface area (TPSA) is 81.3 Å². The summed E-state index contributed by atoms with van der Waals surface area (Å²) in [6, 6.07) is 18.6. The molecule has 0 aliphatic rings. The van der Waals surface area contributed by atoms with Crippen LogP contribution in [-0.2, 0) is 0 Å². The molecule has 0 saturated carbocycles. The van der Waals surface area contributed by atoms with Crippen molar-refractivity contribution in [1.82, 2.24) is 14.5 Å². The Hall–Kier alpha value is -3.97. The van der Waals surface area contributed by atoms with E-state index >= 15 is 0 Å². The van der Waals surface area contributed by atoms with E-state index in [0.717, 1.165) is 0 Å². The first-order valence-electron chi connectivity index (χ1n) is 9.77. The lowest BCUT2D eigenvalue weighted by Crippen LogP contribution is -2.22. The van der Waals surface area contributed by atoms with E-state index in [9.17, 15) is 14.9 Å². The van der Waals surface area contributed by atoms with Gasteiger partial charge in [0.15, 0.2) is 0 Å². The summed E-state index contributed by atoms with van der Waals surface area (Å²) >= 11 is 6.05. The first-order valence-corrected chi connectivity index (χ1v) is 10.1. The molecule has 0 N–H and O–H groups in total. The first-order chi connectivity index (χ1) is 15.4. The summed E-state index contributed by atoms with van der Waals surface area (Å²) in [6.07, 6.45) is 3.37. The molecule has 0 radical (unpaired) electrons. The van der Waals surface area contributed by atoms with Crippen LogP contribution in [-0.4, -0.2) is 33.5 Å². The zero-order chi connectivity index (χ0) is 22.8. The molecule has 3 aromatic carbocycles. The Morgan fingerprint density at radius 3 is 2.44 bits per heavy atom. The summed E-state index contributed by atoms with van der Waals surface area (Å²) in [4.78, 5) is 31.4.